The number of hydrogen-bond donors (Lipinski definition) is 1. The Bertz CT molecular complexity index is 610. The van der Waals surface area contributed by atoms with E-state index in [0.29, 0.717) is 25.5 Å². The second kappa shape index (κ2) is 7.82. The summed E-state index contributed by atoms with van der Waals surface area (Å²) >= 11 is 0. The molecule has 26 heavy (non-hydrogen) atoms. The minimum Gasteiger partial charge on any atom is -0.355 e. The van der Waals surface area contributed by atoms with Crippen molar-refractivity contribution < 1.29 is 18.0 Å². The van der Waals surface area contributed by atoms with Crippen LogP contribution in [0.1, 0.15) is 39.7 Å². The van der Waals surface area contributed by atoms with Gasteiger partial charge in [-0.25, -0.2) is 4.98 Å². The molecule has 1 fully saturated rings. The molecule has 1 aliphatic rings. The van der Waals surface area contributed by atoms with E-state index in [1.807, 2.05) is 32.6 Å². The fourth-order valence-corrected chi connectivity index (χ4v) is 2.93. The molecule has 146 valence electrons. The first-order valence-corrected chi connectivity index (χ1v) is 8.81. The molecule has 2 rings (SSSR count). The Morgan fingerprint density at radius 2 is 1.85 bits per heavy atom. The molecule has 1 amide bonds. The molecule has 5 nitrogen and oxygen atoms in total. The minimum atomic E-state index is -4.38. The summed E-state index contributed by atoms with van der Waals surface area (Å²) in [4.78, 5) is 20.4. The predicted molar refractivity (Wildman–Crippen MR) is 95.0 cm³/mol. The number of carbonyl (C=O) groups is 1. The van der Waals surface area contributed by atoms with E-state index in [0.717, 1.165) is 25.2 Å². The van der Waals surface area contributed by atoms with Gasteiger partial charge in [0, 0.05) is 37.9 Å². The average Bonchev–Trinajstić information content (AvgIpc) is 2.78. The minimum absolute atomic E-state index is 0.0152. The van der Waals surface area contributed by atoms with Gasteiger partial charge in [-0.2, -0.15) is 13.2 Å². The Kier molecular flexibility index (Phi) is 6.16. The molecule has 0 unspecified atom stereocenters. The highest BCUT2D eigenvalue weighted by atomic mass is 19.4. The van der Waals surface area contributed by atoms with E-state index in [-0.39, 0.29) is 17.5 Å². The summed E-state index contributed by atoms with van der Waals surface area (Å²) in [6.07, 6.45) is -2.69. The average molecular weight is 372 g/mol. The summed E-state index contributed by atoms with van der Waals surface area (Å²) in [6, 6.07) is 2.22. The second-order valence-electron chi connectivity index (χ2n) is 7.69. The van der Waals surface area contributed by atoms with Crippen LogP contribution < -0.4 is 10.2 Å². The maximum atomic E-state index is 12.7. The van der Waals surface area contributed by atoms with Crippen LogP contribution in [0.2, 0.25) is 0 Å². The molecular formula is C18H27F3N4O. The highest BCUT2D eigenvalue weighted by molar-refractivity contribution is 5.81. The Hall–Kier alpha value is -1.83. The molecule has 0 aliphatic carbocycles. The van der Waals surface area contributed by atoms with Crippen LogP contribution in [0.3, 0.4) is 0 Å². The van der Waals surface area contributed by atoms with Crippen LogP contribution in [-0.2, 0) is 11.0 Å². The number of rotatable bonds is 3. The lowest BCUT2D eigenvalue weighted by Gasteiger charge is -2.30. The van der Waals surface area contributed by atoms with Gasteiger partial charge in [-0.05, 0) is 46.2 Å². The van der Waals surface area contributed by atoms with Crippen molar-refractivity contribution in [1.29, 1.82) is 0 Å². The van der Waals surface area contributed by atoms with E-state index in [4.69, 9.17) is 0 Å². The first kappa shape index (κ1) is 20.5. The Morgan fingerprint density at radius 3 is 2.38 bits per heavy atom. The predicted octanol–water partition coefficient (Wildman–Crippen LogP) is 2.92. The zero-order valence-corrected chi connectivity index (χ0v) is 15.7. The summed E-state index contributed by atoms with van der Waals surface area (Å²) in [6.45, 7) is 10.4. The maximum Gasteiger partial charge on any atom is 0.417 e. The van der Waals surface area contributed by atoms with Crippen molar-refractivity contribution >= 4 is 11.7 Å². The van der Waals surface area contributed by atoms with Gasteiger partial charge in [0.2, 0.25) is 5.91 Å². The first-order chi connectivity index (χ1) is 12.0. The monoisotopic (exact) mass is 372 g/mol. The van der Waals surface area contributed by atoms with E-state index < -0.39 is 11.7 Å². The number of carbonyl (C=O) groups excluding carboxylic acids is 1. The summed E-state index contributed by atoms with van der Waals surface area (Å²) in [5.74, 6) is 0.519. The van der Waals surface area contributed by atoms with Crippen molar-refractivity contribution in [3.05, 3.63) is 23.9 Å². The molecule has 1 N–H and O–H groups in total. The molecule has 1 aliphatic heterocycles. The van der Waals surface area contributed by atoms with Gasteiger partial charge in [-0.3, -0.25) is 9.69 Å². The Labute approximate surface area is 152 Å². The van der Waals surface area contributed by atoms with Crippen molar-refractivity contribution in [1.82, 2.24) is 15.2 Å². The smallest absolute Gasteiger partial charge is 0.355 e. The van der Waals surface area contributed by atoms with Crippen LogP contribution >= 0.6 is 0 Å². The number of nitrogens with one attached hydrogen (secondary N) is 1. The third-order valence-corrected chi connectivity index (χ3v) is 4.36. The maximum absolute atomic E-state index is 12.7. The van der Waals surface area contributed by atoms with Crippen LogP contribution in [0.5, 0.6) is 0 Å². The molecule has 0 bridgehead atoms. The van der Waals surface area contributed by atoms with E-state index in [1.165, 1.54) is 6.07 Å². The SMILES string of the molecule is C[C@@H](C(=O)NC(C)(C)C)N1CCCN(c2ccc(C(F)(F)F)cn2)CC1. The first-order valence-electron chi connectivity index (χ1n) is 8.81. The van der Waals surface area contributed by atoms with Crippen LogP contribution in [-0.4, -0.2) is 53.6 Å². The third-order valence-electron chi connectivity index (χ3n) is 4.36. The largest absolute Gasteiger partial charge is 0.417 e. The molecule has 1 aromatic heterocycles. The molecule has 1 atom stereocenters. The lowest BCUT2D eigenvalue weighted by molar-refractivity contribution is -0.137. The van der Waals surface area contributed by atoms with Crippen molar-refractivity contribution in [2.45, 2.75) is 51.9 Å². The fourth-order valence-electron chi connectivity index (χ4n) is 2.93. The molecule has 0 radical (unpaired) electrons. The fraction of sp³-hybridized carbons (Fsp3) is 0.667. The number of anilines is 1. The van der Waals surface area contributed by atoms with Gasteiger partial charge < -0.3 is 10.2 Å². The van der Waals surface area contributed by atoms with Crippen LogP contribution in [0, 0.1) is 0 Å². The highest BCUT2D eigenvalue weighted by Crippen LogP contribution is 2.29. The van der Waals surface area contributed by atoms with Crippen LogP contribution in [0.25, 0.3) is 0 Å². The topological polar surface area (TPSA) is 48.5 Å². The number of pyridine rings is 1. The molecule has 1 saturated heterocycles. The van der Waals surface area contributed by atoms with Crippen molar-refractivity contribution in [3.63, 3.8) is 0 Å². The lowest BCUT2D eigenvalue weighted by atomic mass is 10.1. The van der Waals surface area contributed by atoms with Gasteiger partial charge in [0.05, 0.1) is 11.6 Å². The van der Waals surface area contributed by atoms with Gasteiger partial charge in [-0.1, -0.05) is 0 Å². The molecule has 0 aromatic carbocycles. The lowest BCUT2D eigenvalue weighted by Crippen LogP contribution is -2.51. The molecular weight excluding hydrogens is 345 g/mol. The van der Waals surface area contributed by atoms with Gasteiger partial charge in [0.1, 0.15) is 5.82 Å². The Morgan fingerprint density at radius 1 is 1.15 bits per heavy atom. The van der Waals surface area contributed by atoms with E-state index in [1.54, 1.807) is 0 Å². The highest BCUT2D eigenvalue weighted by Gasteiger charge is 2.31. The van der Waals surface area contributed by atoms with E-state index in [2.05, 4.69) is 15.2 Å². The van der Waals surface area contributed by atoms with E-state index in [9.17, 15) is 18.0 Å². The molecule has 0 saturated carbocycles. The number of alkyl halides is 3. The van der Waals surface area contributed by atoms with Gasteiger partial charge in [-0.15, -0.1) is 0 Å². The van der Waals surface area contributed by atoms with Crippen LogP contribution in [0.15, 0.2) is 18.3 Å². The van der Waals surface area contributed by atoms with Gasteiger partial charge in [0.15, 0.2) is 0 Å². The number of amides is 1. The molecule has 8 heteroatoms. The third kappa shape index (κ3) is 5.59. The van der Waals surface area contributed by atoms with Crippen LogP contribution in [0.4, 0.5) is 19.0 Å². The standard InChI is InChI=1S/C18H27F3N4O/c1-13(16(26)23-17(2,3)4)24-8-5-9-25(11-10-24)15-7-6-14(12-22-15)18(19,20)21/h6-7,12-13H,5,8-11H2,1-4H3,(H,23,26)/t13-/m0/s1. The van der Waals surface area contributed by atoms with Crippen molar-refractivity contribution in [2.75, 3.05) is 31.1 Å². The molecule has 0 spiro atoms. The number of halogens is 3. The normalized spacial score (nSPS) is 18.3. The summed E-state index contributed by atoms with van der Waals surface area (Å²) in [5, 5.41) is 2.99. The zero-order valence-electron chi connectivity index (χ0n) is 15.7. The van der Waals surface area contributed by atoms with Crippen molar-refractivity contribution in [3.8, 4) is 0 Å². The van der Waals surface area contributed by atoms with Crippen molar-refractivity contribution in [2.24, 2.45) is 0 Å². The summed E-state index contributed by atoms with van der Waals surface area (Å²) in [5.41, 5.74) is -1.03. The van der Waals surface area contributed by atoms with E-state index >= 15 is 0 Å². The summed E-state index contributed by atoms with van der Waals surface area (Å²) < 4.78 is 38.0. The molecule has 1 aromatic rings. The second-order valence-corrected chi connectivity index (χ2v) is 7.69. The van der Waals surface area contributed by atoms with Gasteiger partial charge in [0.25, 0.3) is 0 Å². The van der Waals surface area contributed by atoms with Gasteiger partial charge >= 0.3 is 6.18 Å². The summed E-state index contributed by atoms with van der Waals surface area (Å²) in [7, 11) is 0. The Balaban J connectivity index is 1.98. The number of nitrogens with zero attached hydrogens (tertiary/aromatic N) is 3. The number of aromatic nitrogens is 1. The molecule has 2 heterocycles. The quantitative estimate of drug-likeness (QED) is 0.886. The number of hydrogen-bond acceptors (Lipinski definition) is 4. The zero-order chi connectivity index (χ0) is 19.5.